The van der Waals surface area contributed by atoms with Crippen LogP contribution in [0.4, 0.5) is 0 Å². The molecule has 1 N–H and O–H groups in total. The van der Waals surface area contributed by atoms with Gasteiger partial charge in [0.25, 0.3) is 5.91 Å². The number of halogens is 1. The Hall–Kier alpha value is -0.740. The maximum absolute atomic E-state index is 12.2. The third-order valence-corrected chi connectivity index (χ3v) is 4.86. The number of carbonyl (C=O) groups excluding carboxylic acids is 1. The summed E-state index contributed by atoms with van der Waals surface area (Å²) in [5.74, 6) is -0.0417. The molecule has 0 bridgehead atoms. The molecule has 5 heteroatoms. The predicted octanol–water partition coefficient (Wildman–Crippen LogP) is 3.45. The van der Waals surface area contributed by atoms with E-state index >= 15 is 0 Å². The first kappa shape index (κ1) is 14.7. The second-order valence-electron chi connectivity index (χ2n) is 5.00. The summed E-state index contributed by atoms with van der Waals surface area (Å²) >= 11 is 7.81. The topological polar surface area (TPSA) is 42.0 Å². The molecule has 19 heavy (non-hydrogen) atoms. The van der Waals surface area contributed by atoms with E-state index in [1.807, 2.05) is 18.7 Å². The van der Waals surface area contributed by atoms with E-state index < -0.39 is 0 Å². The molecule has 1 amide bonds. The van der Waals surface area contributed by atoms with E-state index in [9.17, 15) is 4.79 Å². The normalized spacial score (nSPS) is 23.1. The molecule has 2 rings (SSSR count). The van der Waals surface area contributed by atoms with E-state index in [0.717, 1.165) is 23.8 Å². The van der Waals surface area contributed by atoms with Crippen molar-refractivity contribution in [1.82, 2.24) is 10.3 Å². The van der Waals surface area contributed by atoms with Crippen LogP contribution in [0.25, 0.3) is 0 Å². The largest absolute Gasteiger partial charge is 0.349 e. The molecule has 0 aliphatic heterocycles. The third kappa shape index (κ3) is 4.11. The van der Waals surface area contributed by atoms with Crippen LogP contribution in [0, 0.1) is 6.92 Å². The van der Waals surface area contributed by atoms with Crippen molar-refractivity contribution in [3.05, 3.63) is 28.5 Å². The van der Waals surface area contributed by atoms with Gasteiger partial charge in [-0.2, -0.15) is 11.8 Å². The van der Waals surface area contributed by atoms with Gasteiger partial charge in [0, 0.05) is 22.5 Å². The lowest BCUT2D eigenvalue weighted by Crippen LogP contribution is -2.38. The van der Waals surface area contributed by atoms with E-state index in [0.29, 0.717) is 16.8 Å². The minimum Gasteiger partial charge on any atom is -0.349 e. The predicted molar refractivity (Wildman–Crippen MR) is 81.0 cm³/mol. The molecule has 1 aliphatic carbocycles. The Balaban J connectivity index is 1.94. The van der Waals surface area contributed by atoms with Crippen molar-refractivity contribution in [3.63, 3.8) is 0 Å². The van der Waals surface area contributed by atoms with Gasteiger partial charge in [0.2, 0.25) is 0 Å². The first-order valence-electron chi connectivity index (χ1n) is 6.56. The summed E-state index contributed by atoms with van der Waals surface area (Å²) < 4.78 is 0. The molecule has 3 nitrogen and oxygen atoms in total. The highest BCUT2D eigenvalue weighted by Gasteiger charge is 2.22. The number of rotatable bonds is 3. The van der Waals surface area contributed by atoms with Crippen molar-refractivity contribution in [3.8, 4) is 0 Å². The Morgan fingerprint density at radius 3 is 2.63 bits per heavy atom. The summed E-state index contributed by atoms with van der Waals surface area (Å²) in [6.07, 6.45) is 6.65. The summed E-state index contributed by atoms with van der Waals surface area (Å²) in [5.41, 5.74) is 1.37. The number of hydrogen-bond acceptors (Lipinski definition) is 3. The summed E-state index contributed by atoms with van der Waals surface area (Å²) in [5, 5.41) is 4.23. The van der Waals surface area contributed by atoms with Crippen molar-refractivity contribution < 1.29 is 4.79 Å². The number of carbonyl (C=O) groups is 1. The van der Waals surface area contributed by atoms with E-state index in [4.69, 9.17) is 11.6 Å². The molecule has 0 saturated heterocycles. The molecular formula is C14H19ClN2OS. The molecule has 1 saturated carbocycles. The highest BCUT2D eigenvalue weighted by Crippen LogP contribution is 2.27. The number of nitrogens with zero attached hydrogens (tertiary/aromatic N) is 1. The molecule has 1 aromatic heterocycles. The SMILES string of the molecule is CSC1CCC(NC(=O)c2cc(C)nc(Cl)c2)CC1. The van der Waals surface area contributed by atoms with Crippen LogP contribution in [-0.2, 0) is 0 Å². The Bertz CT molecular complexity index is 439. The minimum absolute atomic E-state index is 0.0417. The molecule has 1 aromatic rings. The smallest absolute Gasteiger partial charge is 0.251 e. The van der Waals surface area contributed by atoms with Crippen LogP contribution in [0.1, 0.15) is 41.7 Å². The van der Waals surface area contributed by atoms with Crippen LogP contribution < -0.4 is 5.32 Å². The highest BCUT2D eigenvalue weighted by atomic mass is 35.5. The Morgan fingerprint density at radius 2 is 2.05 bits per heavy atom. The Morgan fingerprint density at radius 1 is 1.37 bits per heavy atom. The van der Waals surface area contributed by atoms with Crippen molar-refractivity contribution >= 4 is 29.3 Å². The second kappa shape index (κ2) is 6.62. The number of nitrogens with one attached hydrogen (secondary N) is 1. The van der Waals surface area contributed by atoms with Gasteiger partial charge in [0.15, 0.2) is 0 Å². The van der Waals surface area contributed by atoms with Crippen LogP contribution in [0.2, 0.25) is 5.15 Å². The quantitative estimate of drug-likeness (QED) is 0.869. The van der Waals surface area contributed by atoms with Gasteiger partial charge in [-0.25, -0.2) is 4.98 Å². The van der Waals surface area contributed by atoms with Crippen LogP contribution in [0.3, 0.4) is 0 Å². The average Bonchev–Trinajstić information content (AvgIpc) is 2.38. The molecule has 0 atom stereocenters. The zero-order valence-corrected chi connectivity index (χ0v) is 12.9. The monoisotopic (exact) mass is 298 g/mol. The molecule has 1 heterocycles. The van der Waals surface area contributed by atoms with E-state index in [2.05, 4.69) is 16.6 Å². The second-order valence-corrected chi connectivity index (χ2v) is 6.53. The maximum Gasteiger partial charge on any atom is 0.251 e. The zero-order chi connectivity index (χ0) is 13.8. The fourth-order valence-electron chi connectivity index (χ4n) is 2.47. The van der Waals surface area contributed by atoms with Gasteiger partial charge >= 0.3 is 0 Å². The van der Waals surface area contributed by atoms with Gasteiger partial charge < -0.3 is 5.32 Å². The van der Waals surface area contributed by atoms with Crippen LogP contribution in [0.15, 0.2) is 12.1 Å². The molecule has 104 valence electrons. The number of pyridine rings is 1. The van der Waals surface area contributed by atoms with Gasteiger partial charge in [-0.05, 0) is 51.0 Å². The Kier molecular flexibility index (Phi) is 5.11. The molecule has 1 fully saturated rings. The van der Waals surface area contributed by atoms with Crippen molar-refractivity contribution in [1.29, 1.82) is 0 Å². The van der Waals surface area contributed by atoms with Crippen molar-refractivity contribution in [2.75, 3.05) is 6.26 Å². The van der Waals surface area contributed by atoms with Crippen LogP contribution >= 0.6 is 23.4 Å². The fraction of sp³-hybridized carbons (Fsp3) is 0.571. The summed E-state index contributed by atoms with van der Waals surface area (Å²) in [4.78, 5) is 16.2. The lowest BCUT2D eigenvalue weighted by atomic mass is 9.94. The van der Waals surface area contributed by atoms with Gasteiger partial charge in [-0.3, -0.25) is 4.79 Å². The van der Waals surface area contributed by atoms with Crippen molar-refractivity contribution in [2.24, 2.45) is 0 Å². The summed E-state index contributed by atoms with van der Waals surface area (Å²) in [7, 11) is 0. The van der Waals surface area contributed by atoms with Gasteiger partial charge in [-0.1, -0.05) is 11.6 Å². The first-order valence-corrected chi connectivity index (χ1v) is 8.23. The van der Waals surface area contributed by atoms with E-state index in [-0.39, 0.29) is 5.91 Å². The number of aromatic nitrogens is 1. The maximum atomic E-state index is 12.2. The molecule has 0 aromatic carbocycles. The molecular weight excluding hydrogens is 280 g/mol. The van der Waals surface area contributed by atoms with E-state index in [1.54, 1.807) is 12.1 Å². The molecule has 0 spiro atoms. The summed E-state index contributed by atoms with van der Waals surface area (Å²) in [6.45, 7) is 1.84. The number of aryl methyl sites for hydroxylation is 1. The van der Waals surface area contributed by atoms with Gasteiger partial charge in [0.05, 0.1) is 0 Å². The minimum atomic E-state index is -0.0417. The third-order valence-electron chi connectivity index (χ3n) is 3.53. The van der Waals surface area contributed by atoms with Crippen LogP contribution in [0.5, 0.6) is 0 Å². The lowest BCUT2D eigenvalue weighted by Gasteiger charge is -2.28. The fourth-order valence-corrected chi connectivity index (χ4v) is 3.47. The standard InChI is InChI=1S/C14H19ClN2OS/c1-9-7-10(8-13(15)16-9)14(18)17-11-3-5-12(19-2)6-4-11/h7-8,11-12H,3-6H2,1-2H3,(H,17,18). The number of thioether (sulfide) groups is 1. The number of hydrogen-bond donors (Lipinski definition) is 1. The first-order chi connectivity index (χ1) is 9.08. The Labute approximate surface area is 123 Å². The van der Waals surface area contributed by atoms with Crippen LogP contribution in [-0.4, -0.2) is 28.4 Å². The van der Waals surface area contributed by atoms with Crippen molar-refractivity contribution in [2.45, 2.75) is 43.9 Å². The zero-order valence-electron chi connectivity index (χ0n) is 11.3. The molecule has 0 radical (unpaired) electrons. The molecule has 0 unspecified atom stereocenters. The average molecular weight is 299 g/mol. The number of amides is 1. The highest BCUT2D eigenvalue weighted by molar-refractivity contribution is 7.99. The molecule has 1 aliphatic rings. The van der Waals surface area contributed by atoms with Gasteiger partial charge in [0.1, 0.15) is 5.15 Å². The van der Waals surface area contributed by atoms with Gasteiger partial charge in [-0.15, -0.1) is 0 Å². The summed E-state index contributed by atoms with van der Waals surface area (Å²) in [6, 6.07) is 3.69. The lowest BCUT2D eigenvalue weighted by molar-refractivity contribution is 0.0928. The van der Waals surface area contributed by atoms with E-state index in [1.165, 1.54) is 12.8 Å².